The van der Waals surface area contributed by atoms with Crippen molar-refractivity contribution in [1.29, 1.82) is 0 Å². The summed E-state index contributed by atoms with van der Waals surface area (Å²) in [7, 11) is -1.64. The summed E-state index contributed by atoms with van der Waals surface area (Å²) in [4.78, 5) is 10.7. The fraction of sp³-hybridized carbons (Fsp3) is 0.611. The lowest BCUT2D eigenvalue weighted by Gasteiger charge is -2.35. The Morgan fingerprint density at radius 3 is 2.69 bits per heavy atom. The van der Waals surface area contributed by atoms with E-state index in [-0.39, 0.29) is 5.75 Å². The Balaban J connectivity index is 1.40. The number of hydrogen-bond donors (Lipinski definition) is 1. The smallest absolute Gasteiger partial charge is 0.220 e. The van der Waals surface area contributed by atoms with Crippen molar-refractivity contribution in [3.8, 4) is 0 Å². The number of imidazole rings is 1. The molecule has 0 bridgehead atoms. The fourth-order valence-corrected chi connectivity index (χ4v) is 4.77. The van der Waals surface area contributed by atoms with E-state index in [0.717, 1.165) is 37.7 Å². The molecule has 2 aromatic heterocycles. The van der Waals surface area contributed by atoms with Crippen molar-refractivity contribution in [2.75, 3.05) is 39.8 Å². The van der Waals surface area contributed by atoms with E-state index in [9.17, 15) is 8.42 Å². The maximum absolute atomic E-state index is 12.5. The van der Waals surface area contributed by atoms with E-state index >= 15 is 0 Å². The van der Waals surface area contributed by atoms with E-state index in [1.807, 2.05) is 19.3 Å². The van der Waals surface area contributed by atoms with E-state index in [4.69, 9.17) is 4.52 Å². The van der Waals surface area contributed by atoms with Crippen LogP contribution in [-0.2, 0) is 22.3 Å². The molecular weight excluding hydrogens is 394 g/mol. The third kappa shape index (κ3) is 5.80. The van der Waals surface area contributed by atoms with Crippen molar-refractivity contribution >= 4 is 16.0 Å². The summed E-state index contributed by atoms with van der Waals surface area (Å²) in [6.07, 6.45) is 7.27. The average Bonchev–Trinajstić information content (AvgIpc) is 3.36. The van der Waals surface area contributed by atoms with Crippen molar-refractivity contribution in [2.45, 2.75) is 32.1 Å². The molecule has 0 aliphatic carbocycles. The van der Waals surface area contributed by atoms with Crippen molar-refractivity contribution < 1.29 is 12.9 Å². The molecule has 0 aromatic carbocycles. The molecule has 1 fully saturated rings. The summed E-state index contributed by atoms with van der Waals surface area (Å²) < 4.78 is 33.5. The molecule has 1 N–H and O–H groups in total. The molecule has 0 unspecified atom stereocenters. The predicted molar refractivity (Wildman–Crippen MR) is 110 cm³/mol. The molecule has 0 spiro atoms. The fourth-order valence-electron chi connectivity index (χ4n) is 3.35. The van der Waals surface area contributed by atoms with Gasteiger partial charge < -0.3 is 19.3 Å². The van der Waals surface area contributed by atoms with Gasteiger partial charge in [-0.25, -0.2) is 13.4 Å². The van der Waals surface area contributed by atoms with E-state index in [1.165, 1.54) is 10.6 Å². The minimum Gasteiger partial charge on any atom is -0.364 e. The summed E-state index contributed by atoms with van der Waals surface area (Å²) in [5.74, 6) is 1.72. The van der Waals surface area contributed by atoms with Gasteiger partial charge in [0.1, 0.15) is 17.8 Å². The quantitative estimate of drug-likeness (QED) is 0.378. The van der Waals surface area contributed by atoms with E-state index in [2.05, 4.69) is 29.9 Å². The first-order valence-electron chi connectivity index (χ1n) is 9.80. The first-order chi connectivity index (χ1) is 14.0. The molecule has 3 heterocycles. The van der Waals surface area contributed by atoms with Crippen LogP contribution in [0.5, 0.6) is 0 Å². The summed E-state index contributed by atoms with van der Waals surface area (Å²) in [5.41, 5.74) is 0.427. The third-order valence-corrected chi connectivity index (χ3v) is 6.81. The maximum Gasteiger partial charge on any atom is 0.220 e. The van der Waals surface area contributed by atoms with Crippen LogP contribution in [0.2, 0.25) is 0 Å². The molecule has 11 heteroatoms. The minimum atomic E-state index is -3.40. The van der Waals surface area contributed by atoms with Gasteiger partial charge in [-0.1, -0.05) is 5.16 Å². The monoisotopic (exact) mass is 423 g/mol. The van der Waals surface area contributed by atoms with E-state index in [0.29, 0.717) is 31.9 Å². The van der Waals surface area contributed by atoms with Gasteiger partial charge >= 0.3 is 0 Å². The lowest BCUT2D eigenvalue weighted by Crippen LogP contribution is -2.54. The van der Waals surface area contributed by atoms with Crippen molar-refractivity contribution in [3.63, 3.8) is 0 Å². The number of nitrogens with one attached hydrogen (secondary N) is 1. The number of unbranched alkanes of at least 4 members (excludes halogenated alkanes) is 1. The number of aliphatic imine (C=N–C) groups is 1. The SMILES string of the molecule is CN=C(NCCCCn1ccnc1C)N1CCN(S(=O)(=O)Cc2ccon2)CC1. The second-order valence-corrected chi connectivity index (χ2v) is 8.95. The van der Waals surface area contributed by atoms with E-state index in [1.54, 1.807) is 13.1 Å². The van der Waals surface area contributed by atoms with Crippen LogP contribution in [0.1, 0.15) is 24.4 Å². The highest BCUT2D eigenvalue weighted by Crippen LogP contribution is 2.13. The van der Waals surface area contributed by atoms with Gasteiger partial charge in [-0.2, -0.15) is 4.31 Å². The Labute approximate surface area is 171 Å². The topological polar surface area (TPSA) is 109 Å². The second-order valence-electron chi connectivity index (χ2n) is 6.98. The Hall–Kier alpha value is -2.40. The standard InChI is InChI=1S/C18H29N7O3S/c1-16-20-7-9-23(16)8-4-3-6-21-18(19-2)24-10-12-25(13-11-24)29(26,27)15-17-5-14-28-22-17/h5,7,9,14H,3-4,6,8,10-13,15H2,1-2H3,(H,19,21). The van der Waals surface area contributed by atoms with Crippen LogP contribution in [-0.4, -0.2) is 78.1 Å². The second kappa shape index (κ2) is 9.88. The predicted octanol–water partition coefficient (Wildman–Crippen LogP) is 0.683. The molecule has 2 aromatic rings. The molecule has 0 saturated carbocycles. The van der Waals surface area contributed by atoms with Crippen LogP contribution in [0.3, 0.4) is 0 Å². The molecule has 1 aliphatic heterocycles. The third-order valence-electron chi connectivity index (χ3n) is 5.00. The van der Waals surface area contributed by atoms with Crippen LogP contribution in [0.25, 0.3) is 0 Å². The molecule has 1 aliphatic rings. The molecule has 160 valence electrons. The van der Waals surface area contributed by atoms with Gasteiger partial charge in [0, 0.05) is 64.8 Å². The van der Waals surface area contributed by atoms with E-state index < -0.39 is 10.0 Å². The average molecular weight is 424 g/mol. The molecule has 29 heavy (non-hydrogen) atoms. The Morgan fingerprint density at radius 2 is 2.07 bits per heavy atom. The lowest BCUT2D eigenvalue weighted by molar-refractivity contribution is 0.259. The van der Waals surface area contributed by atoms with Gasteiger partial charge in [-0.15, -0.1) is 0 Å². The first-order valence-corrected chi connectivity index (χ1v) is 11.4. The highest BCUT2D eigenvalue weighted by Gasteiger charge is 2.28. The van der Waals surface area contributed by atoms with Crippen LogP contribution in [0.4, 0.5) is 0 Å². The Kier molecular flexibility index (Phi) is 7.26. The number of aromatic nitrogens is 3. The normalized spacial score (nSPS) is 16.3. The largest absolute Gasteiger partial charge is 0.364 e. The molecule has 1 saturated heterocycles. The zero-order valence-electron chi connectivity index (χ0n) is 17.0. The van der Waals surface area contributed by atoms with Gasteiger partial charge in [0.2, 0.25) is 10.0 Å². The number of hydrogen-bond acceptors (Lipinski definition) is 6. The maximum atomic E-state index is 12.5. The van der Waals surface area contributed by atoms with Gasteiger partial charge in [0.15, 0.2) is 5.96 Å². The summed E-state index contributed by atoms with van der Waals surface area (Å²) in [6.45, 7) is 5.85. The molecule has 0 amide bonds. The number of rotatable bonds is 8. The molecule has 0 atom stereocenters. The van der Waals surface area contributed by atoms with Crippen LogP contribution in [0, 0.1) is 6.92 Å². The van der Waals surface area contributed by atoms with Gasteiger partial charge in [0.05, 0.1) is 5.69 Å². The molecular formula is C18H29N7O3S. The number of piperazine rings is 1. The van der Waals surface area contributed by atoms with Crippen molar-refractivity contribution in [2.24, 2.45) is 4.99 Å². The number of nitrogens with zero attached hydrogens (tertiary/aromatic N) is 6. The molecule has 0 radical (unpaired) electrons. The number of sulfonamides is 1. The highest BCUT2D eigenvalue weighted by atomic mass is 32.2. The van der Waals surface area contributed by atoms with Gasteiger partial charge in [-0.3, -0.25) is 4.99 Å². The van der Waals surface area contributed by atoms with Crippen LogP contribution < -0.4 is 5.32 Å². The van der Waals surface area contributed by atoms with Crippen molar-refractivity contribution in [1.82, 2.24) is 29.2 Å². The zero-order valence-corrected chi connectivity index (χ0v) is 17.8. The lowest BCUT2D eigenvalue weighted by atomic mass is 10.3. The molecule has 3 rings (SSSR count). The van der Waals surface area contributed by atoms with Crippen LogP contribution in [0.15, 0.2) is 34.2 Å². The summed E-state index contributed by atoms with van der Waals surface area (Å²) in [6, 6.07) is 1.58. The molecule has 10 nitrogen and oxygen atoms in total. The summed E-state index contributed by atoms with van der Waals surface area (Å²) in [5, 5.41) is 7.08. The zero-order chi connectivity index (χ0) is 20.7. The van der Waals surface area contributed by atoms with Crippen molar-refractivity contribution in [3.05, 3.63) is 36.2 Å². The first kappa shape index (κ1) is 21.3. The van der Waals surface area contributed by atoms with Gasteiger partial charge in [0.25, 0.3) is 0 Å². The Bertz CT molecular complexity index is 884. The van der Waals surface area contributed by atoms with Gasteiger partial charge in [-0.05, 0) is 19.8 Å². The summed E-state index contributed by atoms with van der Waals surface area (Å²) >= 11 is 0. The van der Waals surface area contributed by atoms with Crippen LogP contribution >= 0.6 is 0 Å². The number of aryl methyl sites for hydroxylation is 2. The Morgan fingerprint density at radius 1 is 1.28 bits per heavy atom. The number of guanidine groups is 1. The minimum absolute atomic E-state index is 0.132. The highest BCUT2D eigenvalue weighted by molar-refractivity contribution is 7.88.